The van der Waals surface area contributed by atoms with E-state index >= 15 is 0 Å². The topological polar surface area (TPSA) is 29.5 Å². The fourth-order valence-corrected chi connectivity index (χ4v) is 2.94. The maximum atomic E-state index is 10.9. The zero-order chi connectivity index (χ0) is 16.2. The van der Waals surface area contributed by atoms with Crippen LogP contribution in [0.1, 0.15) is 12.5 Å². The van der Waals surface area contributed by atoms with Crippen molar-refractivity contribution in [2.24, 2.45) is 0 Å². The molecule has 0 radical (unpaired) electrons. The van der Waals surface area contributed by atoms with E-state index in [0.29, 0.717) is 5.75 Å². The highest BCUT2D eigenvalue weighted by molar-refractivity contribution is 5.90. The quantitative estimate of drug-likeness (QED) is 0.709. The van der Waals surface area contributed by atoms with Crippen molar-refractivity contribution >= 4 is 0 Å². The van der Waals surface area contributed by atoms with Crippen LogP contribution in [0, 0.1) is 0 Å². The molecule has 0 heterocycles. The fourth-order valence-electron chi connectivity index (χ4n) is 2.94. The van der Waals surface area contributed by atoms with Crippen molar-refractivity contribution in [1.82, 2.24) is 0 Å². The van der Waals surface area contributed by atoms with Gasteiger partial charge in [-0.3, -0.25) is 0 Å². The Balaban J connectivity index is 2.35. The zero-order valence-electron chi connectivity index (χ0n) is 13.4. The summed E-state index contributed by atoms with van der Waals surface area (Å²) in [5.41, 5.74) is 4.89. The maximum absolute atomic E-state index is 10.9. The van der Waals surface area contributed by atoms with Crippen molar-refractivity contribution in [1.29, 1.82) is 0 Å². The van der Waals surface area contributed by atoms with Crippen LogP contribution in [0.25, 0.3) is 22.3 Å². The Labute approximate surface area is 137 Å². The summed E-state index contributed by atoms with van der Waals surface area (Å²) in [5.74, 6) is 0.767. The molecule has 116 valence electrons. The standard InChI is InChI=1S/C21H20O2/c1-3-15-14-18(16-10-6-4-7-11-16)19(20(22)21(15)23-2)17-12-8-5-9-13-17/h4-14,22H,3H2,1-2H3. The first-order chi connectivity index (χ1) is 11.3. The molecule has 23 heavy (non-hydrogen) atoms. The molecule has 2 nitrogen and oxygen atoms in total. The number of rotatable bonds is 4. The molecule has 3 aromatic carbocycles. The van der Waals surface area contributed by atoms with Crippen LogP contribution in [-0.2, 0) is 6.42 Å². The van der Waals surface area contributed by atoms with E-state index in [1.807, 2.05) is 48.5 Å². The Morgan fingerprint density at radius 3 is 1.96 bits per heavy atom. The Morgan fingerprint density at radius 1 is 0.870 bits per heavy atom. The maximum Gasteiger partial charge on any atom is 0.166 e. The summed E-state index contributed by atoms with van der Waals surface area (Å²) in [6.45, 7) is 2.06. The number of aromatic hydroxyl groups is 1. The molecule has 0 aliphatic heterocycles. The van der Waals surface area contributed by atoms with Crippen LogP contribution in [0.5, 0.6) is 11.5 Å². The van der Waals surface area contributed by atoms with Gasteiger partial charge < -0.3 is 9.84 Å². The molecule has 2 heteroatoms. The van der Waals surface area contributed by atoms with Gasteiger partial charge in [0.15, 0.2) is 11.5 Å². The van der Waals surface area contributed by atoms with Crippen LogP contribution >= 0.6 is 0 Å². The minimum Gasteiger partial charge on any atom is -0.504 e. The number of hydrogen-bond acceptors (Lipinski definition) is 2. The Kier molecular flexibility index (Phi) is 4.33. The third-order valence-corrected chi connectivity index (χ3v) is 4.06. The van der Waals surface area contributed by atoms with E-state index < -0.39 is 0 Å². The van der Waals surface area contributed by atoms with Gasteiger partial charge in [-0.1, -0.05) is 67.6 Å². The first kappa shape index (κ1) is 15.2. The van der Waals surface area contributed by atoms with Crippen molar-refractivity contribution in [3.8, 4) is 33.8 Å². The van der Waals surface area contributed by atoms with Gasteiger partial charge in [-0.2, -0.15) is 0 Å². The van der Waals surface area contributed by atoms with Crippen LogP contribution in [-0.4, -0.2) is 12.2 Å². The summed E-state index contributed by atoms with van der Waals surface area (Å²) >= 11 is 0. The van der Waals surface area contributed by atoms with E-state index in [1.54, 1.807) is 7.11 Å². The Bertz CT molecular complexity index is 793. The van der Waals surface area contributed by atoms with E-state index in [1.165, 1.54) is 0 Å². The van der Waals surface area contributed by atoms with Crippen LogP contribution in [0.4, 0.5) is 0 Å². The van der Waals surface area contributed by atoms with E-state index in [0.717, 1.165) is 34.2 Å². The minimum atomic E-state index is 0.205. The lowest BCUT2D eigenvalue weighted by Crippen LogP contribution is -1.96. The molecule has 0 bridgehead atoms. The summed E-state index contributed by atoms with van der Waals surface area (Å²) < 4.78 is 5.47. The second-order valence-electron chi connectivity index (χ2n) is 5.43. The number of ether oxygens (including phenoxy) is 1. The fraction of sp³-hybridized carbons (Fsp3) is 0.143. The number of phenolic OH excluding ortho intramolecular Hbond substituents is 1. The smallest absolute Gasteiger partial charge is 0.166 e. The van der Waals surface area contributed by atoms with Crippen molar-refractivity contribution < 1.29 is 9.84 Å². The second-order valence-corrected chi connectivity index (χ2v) is 5.43. The molecule has 0 aliphatic carbocycles. The minimum absolute atomic E-state index is 0.205. The predicted octanol–water partition coefficient (Wildman–Crippen LogP) is 5.30. The third-order valence-electron chi connectivity index (χ3n) is 4.06. The summed E-state index contributed by atoms with van der Waals surface area (Å²) in [5, 5.41) is 10.9. The molecule has 0 fully saturated rings. The molecule has 0 aliphatic rings. The third kappa shape index (κ3) is 2.80. The molecule has 0 atom stereocenters. The van der Waals surface area contributed by atoms with Crippen LogP contribution in [0.3, 0.4) is 0 Å². The second kappa shape index (κ2) is 6.57. The molecular weight excluding hydrogens is 284 g/mol. The zero-order valence-corrected chi connectivity index (χ0v) is 13.4. The average Bonchev–Trinajstić information content (AvgIpc) is 2.62. The first-order valence-corrected chi connectivity index (χ1v) is 7.80. The molecule has 0 saturated heterocycles. The van der Waals surface area contributed by atoms with E-state index in [-0.39, 0.29) is 5.75 Å². The predicted molar refractivity (Wildman–Crippen MR) is 94.9 cm³/mol. The number of phenols is 1. The van der Waals surface area contributed by atoms with Gasteiger partial charge in [0.05, 0.1) is 7.11 Å². The largest absolute Gasteiger partial charge is 0.504 e. The Hall–Kier alpha value is -2.74. The van der Waals surface area contributed by atoms with E-state index in [9.17, 15) is 5.11 Å². The summed E-state index contributed by atoms with van der Waals surface area (Å²) in [7, 11) is 1.60. The molecular formula is C21H20O2. The van der Waals surface area contributed by atoms with Gasteiger partial charge >= 0.3 is 0 Å². The average molecular weight is 304 g/mol. The van der Waals surface area contributed by atoms with Crippen molar-refractivity contribution in [3.05, 3.63) is 72.3 Å². The van der Waals surface area contributed by atoms with Gasteiger partial charge in [-0.05, 0) is 34.7 Å². The van der Waals surface area contributed by atoms with E-state index in [4.69, 9.17) is 4.74 Å². The lowest BCUT2D eigenvalue weighted by atomic mass is 9.90. The van der Waals surface area contributed by atoms with Crippen LogP contribution in [0.15, 0.2) is 66.7 Å². The highest BCUT2D eigenvalue weighted by Gasteiger charge is 2.19. The van der Waals surface area contributed by atoms with Gasteiger partial charge in [0, 0.05) is 5.56 Å². The number of methoxy groups -OCH3 is 1. The van der Waals surface area contributed by atoms with Crippen LogP contribution in [0.2, 0.25) is 0 Å². The highest BCUT2D eigenvalue weighted by atomic mass is 16.5. The van der Waals surface area contributed by atoms with E-state index in [2.05, 4.69) is 25.1 Å². The molecule has 0 unspecified atom stereocenters. The molecule has 0 spiro atoms. The molecule has 0 aromatic heterocycles. The summed E-state index contributed by atoms with van der Waals surface area (Å²) in [4.78, 5) is 0. The number of benzene rings is 3. The first-order valence-electron chi connectivity index (χ1n) is 7.80. The van der Waals surface area contributed by atoms with Gasteiger partial charge in [-0.25, -0.2) is 0 Å². The highest BCUT2D eigenvalue weighted by Crippen LogP contribution is 2.46. The SMILES string of the molecule is CCc1cc(-c2ccccc2)c(-c2ccccc2)c(O)c1OC. The van der Waals surface area contributed by atoms with Gasteiger partial charge in [-0.15, -0.1) is 0 Å². The molecule has 1 N–H and O–H groups in total. The molecule has 0 amide bonds. The van der Waals surface area contributed by atoms with Gasteiger partial charge in [0.2, 0.25) is 0 Å². The Morgan fingerprint density at radius 2 is 1.43 bits per heavy atom. The van der Waals surface area contributed by atoms with Gasteiger partial charge in [0.1, 0.15) is 0 Å². The van der Waals surface area contributed by atoms with Crippen molar-refractivity contribution in [2.45, 2.75) is 13.3 Å². The lowest BCUT2D eigenvalue weighted by Gasteiger charge is -2.18. The number of hydrogen-bond donors (Lipinski definition) is 1. The van der Waals surface area contributed by atoms with Crippen LogP contribution < -0.4 is 4.74 Å². The van der Waals surface area contributed by atoms with Gasteiger partial charge in [0.25, 0.3) is 0 Å². The van der Waals surface area contributed by atoms with Crippen molar-refractivity contribution in [3.63, 3.8) is 0 Å². The molecule has 0 saturated carbocycles. The number of aryl methyl sites for hydroxylation is 1. The lowest BCUT2D eigenvalue weighted by molar-refractivity contribution is 0.371. The normalized spacial score (nSPS) is 10.5. The van der Waals surface area contributed by atoms with Crippen molar-refractivity contribution in [2.75, 3.05) is 7.11 Å². The summed E-state index contributed by atoms with van der Waals surface area (Å²) in [6, 6.07) is 22.2. The monoisotopic (exact) mass is 304 g/mol. The summed E-state index contributed by atoms with van der Waals surface area (Å²) in [6.07, 6.45) is 0.797. The molecule has 3 rings (SSSR count). The molecule has 3 aromatic rings.